The third-order valence-electron chi connectivity index (χ3n) is 3.78. The maximum absolute atomic E-state index is 14.0. The quantitative estimate of drug-likeness (QED) is 0.892. The molecule has 0 fully saturated rings. The zero-order chi connectivity index (χ0) is 13.5. The summed E-state index contributed by atoms with van der Waals surface area (Å²) in [7, 11) is 0. The van der Waals surface area contributed by atoms with Gasteiger partial charge < -0.3 is 5.73 Å². The average molecular weight is 276 g/mol. The van der Waals surface area contributed by atoms with Gasteiger partial charge >= 0.3 is 0 Å². The van der Waals surface area contributed by atoms with Crippen LogP contribution in [0.3, 0.4) is 0 Å². The van der Waals surface area contributed by atoms with Gasteiger partial charge in [0.05, 0.1) is 5.02 Å². The minimum absolute atomic E-state index is 0.164. The summed E-state index contributed by atoms with van der Waals surface area (Å²) >= 11 is 5.82. The Labute approximate surface area is 117 Å². The zero-order valence-corrected chi connectivity index (χ0v) is 11.3. The van der Waals surface area contributed by atoms with Crippen LogP contribution in [0.1, 0.15) is 16.7 Å². The Kier molecular flexibility index (Phi) is 3.08. The van der Waals surface area contributed by atoms with Gasteiger partial charge in [0, 0.05) is 5.54 Å². The number of nitrogens with two attached hydrogens (primary N) is 1. The van der Waals surface area contributed by atoms with Crippen LogP contribution in [0.4, 0.5) is 4.39 Å². The first-order chi connectivity index (χ1) is 9.07. The Balaban J connectivity index is 1.87. The number of hydrogen-bond donors (Lipinski definition) is 1. The van der Waals surface area contributed by atoms with Crippen LogP contribution < -0.4 is 5.73 Å². The van der Waals surface area contributed by atoms with Gasteiger partial charge in [-0.1, -0.05) is 48.0 Å². The van der Waals surface area contributed by atoms with E-state index in [1.165, 1.54) is 11.1 Å². The fraction of sp³-hybridized carbons (Fsp3) is 0.250. The lowest BCUT2D eigenvalue weighted by Gasteiger charge is -2.24. The van der Waals surface area contributed by atoms with Crippen molar-refractivity contribution in [1.29, 1.82) is 0 Å². The van der Waals surface area contributed by atoms with Gasteiger partial charge in [-0.25, -0.2) is 4.39 Å². The Hall–Kier alpha value is -1.38. The van der Waals surface area contributed by atoms with Crippen molar-refractivity contribution in [3.63, 3.8) is 0 Å². The lowest BCUT2D eigenvalue weighted by atomic mass is 9.89. The molecule has 0 saturated heterocycles. The number of rotatable bonds is 2. The van der Waals surface area contributed by atoms with E-state index in [9.17, 15) is 4.39 Å². The number of halogens is 2. The van der Waals surface area contributed by atoms with Crippen LogP contribution in [-0.4, -0.2) is 5.54 Å². The molecular weight excluding hydrogens is 261 g/mol. The minimum Gasteiger partial charge on any atom is -0.324 e. The van der Waals surface area contributed by atoms with Crippen LogP contribution in [0.5, 0.6) is 0 Å². The smallest absolute Gasteiger partial charge is 0.145 e. The summed E-state index contributed by atoms with van der Waals surface area (Å²) < 4.78 is 14.0. The van der Waals surface area contributed by atoms with Crippen molar-refractivity contribution in [3.8, 4) is 0 Å². The topological polar surface area (TPSA) is 26.0 Å². The lowest BCUT2D eigenvalue weighted by molar-refractivity contribution is 0.436. The van der Waals surface area contributed by atoms with Gasteiger partial charge in [-0.3, -0.25) is 0 Å². The van der Waals surface area contributed by atoms with Crippen molar-refractivity contribution < 1.29 is 4.39 Å². The van der Waals surface area contributed by atoms with Gasteiger partial charge in [-0.05, 0) is 42.0 Å². The molecule has 0 saturated carbocycles. The highest BCUT2D eigenvalue weighted by Crippen LogP contribution is 2.32. The predicted molar refractivity (Wildman–Crippen MR) is 75.9 cm³/mol. The van der Waals surface area contributed by atoms with Gasteiger partial charge in [0.25, 0.3) is 0 Å². The van der Waals surface area contributed by atoms with Crippen LogP contribution >= 0.6 is 11.6 Å². The van der Waals surface area contributed by atoms with Crippen molar-refractivity contribution in [2.45, 2.75) is 24.8 Å². The number of fused-ring (bicyclic) bond motifs is 1. The van der Waals surface area contributed by atoms with Crippen molar-refractivity contribution in [2.24, 2.45) is 5.73 Å². The highest BCUT2D eigenvalue weighted by Gasteiger charge is 2.34. The SMILES string of the molecule is NC1(Cc2cccc(Cl)c2F)Cc2ccccc2C1. The maximum Gasteiger partial charge on any atom is 0.145 e. The Bertz CT molecular complexity index is 599. The molecule has 2 aromatic rings. The van der Waals surface area contributed by atoms with Gasteiger partial charge in [-0.15, -0.1) is 0 Å². The normalized spacial score (nSPS) is 16.4. The molecule has 98 valence electrons. The molecule has 0 atom stereocenters. The average Bonchev–Trinajstić information content (AvgIpc) is 2.71. The van der Waals surface area contributed by atoms with Crippen molar-refractivity contribution in [1.82, 2.24) is 0 Å². The number of hydrogen-bond acceptors (Lipinski definition) is 1. The minimum atomic E-state index is -0.408. The third kappa shape index (κ3) is 2.38. The first kappa shape index (κ1) is 12.6. The van der Waals surface area contributed by atoms with Crippen LogP contribution in [0.2, 0.25) is 5.02 Å². The van der Waals surface area contributed by atoms with Crippen LogP contribution in [0.25, 0.3) is 0 Å². The van der Waals surface area contributed by atoms with Crippen molar-refractivity contribution in [2.75, 3.05) is 0 Å². The largest absolute Gasteiger partial charge is 0.324 e. The molecule has 0 spiro atoms. The van der Waals surface area contributed by atoms with E-state index in [4.69, 9.17) is 17.3 Å². The summed E-state index contributed by atoms with van der Waals surface area (Å²) in [5.41, 5.74) is 9.18. The van der Waals surface area contributed by atoms with Crippen molar-refractivity contribution >= 4 is 11.6 Å². The van der Waals surface area contributed by atoms with Crippen LogP contribution in [0, 0.1) is 5.82 Å². The van der Waals surface area contributed by atoms with E-state index in [2.05, 4.69) is 12.1 Å². The van der Waals surface area contributed by atoms with Crippen LogP contribution in [-0.2, 0) is 19.3 Å². The Morgan fingerprint density at radius 2 is 1.68 bits per heavy atom. The van der Waals surface area contributed by atoms with E-state index in [0.29, 0.717) is 12.0 Å². The molecule has 2 N–H and O–H groups in total. The summed E-state index contributed by atoms with van der Waals surface area (Å²) in [6.07, 6.45) is 2.08. The fourth-order valence-corrected chi connectivity index (χ4v) is 3.11. The molecule has 2 aromatic carbocycles. The van der Waals surface area contributed by atoms with E-state index in [-0.39, 0.29) is 10.8 Å². The third-order valence-corrected chi connectivity index (χ3v) is 4.07. The molecule has 3 heteroatoms. The van der Waals surface area contributed by atoms with Gasteiger partial charge in [-0.2, -0.15) is 0 Å². The summed E-state index contributed by atoms with van der Waals surface area (Å²) in [5, 5.41) is 0.164. The molecule has 1 aliphatic carbocycles. The molecule has 0 radical (unpaired) electrons. The second-order valence-corrected chi connectivity index (χ2v) is 5.78. The first-order valence-corrected chi connectivity index (χ1v) is 6.74. The maximum atomic E-state index is 14.0. The molecule has 0 unspecified atom stereocenters. The summed E-state index contributed by atoms with van der Waals surface area (Å²) in [6.45, 7) is 0. The van der Waals surface area contributed by atoms with Crippen LogP contribution in [0.15, 0.2) is 42.5 Å². The molecule has 1 nitrogen and oxygen atoms in total. The van der Waals surface area contributed by atoms with Crippen molar-refractivity contribution in [3.05, 3.63) is 70.0 Å². The summed E-state index contributed by atoms with van der Waals surface area (Å²) in [4.78, 5) is 0. The highest BCUT2D eigenvalue weighted by atomic mass is 35.5. The standard InChI is InChI=1S/C16H15ClFN/c17-14-7-3-6-13(15(14)18)10-16(19)8-11-4-1-2-5-12(11)9-16/h1-7H,8-10,19H2. The highest BCUT2D eigenvalue weighted by molar-refractivity contribution is 6.30. The summed E-state index contributed by atoms with van der Waals surface area (Å²) in [5.74, 6) is -0.343. The predicted octanol–water partition coefficient (Wildman–Crippen LogP) is 3.52. The summed E-state index contributed by atoms with van der Waals surface area (Å²) in [6, 6.07) is 13.3. The second-order valence-electron chi connectivity index (χ2n) is 5.37. The molecule has 0 aromatic heterocycles. The molecular formula is C16H15ClFN. The molecule has 0 bridgehead atoms. The molecule has 0 aliphatic heterocycles. The molecule has 0 amide bonds. The molecule has 0 heterocycles. The van der Waals surface area contributed by atoms with Gasteiger partial charge in [0.15, 0.2) is 0 Å². The Morgan fingerprint density at radius 3 is 2.32 bits per heavy atom. The van der Waals surface area contributed by atoms with E-state index in [0.717, 1.165) is 12.8 Å². The number of benzene rings is 2. The molecule has 19 heavy (non-hydrogen) atoms. The molecule has 1 aliphatic rings. The van der Waals surface area contributed by atoms with E-state index in [1.54, 1.807) is 18.2 Å². The van der Waals surface area contributed by atoms with Gasteiger partial charge in [0.2, 0.25) is 0 Å². The zero-order valence-electron chi connectivity index (χ0n) is 10.5. The fourth-order valence-electron chi connectivity index (χ4n) is 2.91. The Morgan fingerprint density at radius 1 is 1.05 bits per heavy atom. The van der Waals surface area contributed by atoms with Gasteiger partial charge in [0.1, 0.15) is 5.82 Å². The lowest BCUT2D eigenvalue weighted by Crippen LogP contribution is -2.43. The van der Waals surface area contributed by atoms with E-state index < -0.39 is 5.54 Å². The van der Waals surface area contributed by atoms with E-state index in [1.807, 2.05) is 12.1 Å². The monoisotopic (exact) mass is 275 g/mol. The first-order valence-electron chi connectivity index (χ1n) is 6.36. The van der Waals surface area contributed by atoms with E-state index >= 15 is 0 Å². The molecule has 3 rings (SSSR count). The second kappa shape index (κ2) is 4.62.